The zero-order valence-electron chi connectivity index (χ0n) is 11.2. The molecule has 0 amide bonds. The maximum Gasteiger partial charge on any atom is 0.106 e. The van der Waals surface area contributed by atoms with Gasteiger partial charge >= 0.3 is 0 Å². The maximum atomic E-state index is 8.89. The molecule has 0 bridgehead atoms. The van der Waals surface area contributed by atoms with Gasteiger partial charge in [0.2, 0.25) is 0 Å². The average molecular weight is 233 g/mol. The van der Waals surface area contributed by atoms with Gasteiger partial charge in [-0.25, -0.2) is 4.98 Å². The number of imidazole rings is 1. The molecule has 3 heteroatoms. The third kappa shape index (κ3) is 4.22. The molecule has 1 rings (SSSR count). The summed E-state index contributed by atoms with van der Waals surface area (Å²) in [6.07, 6.45) is 7.39. The van der Waals surface area contributed by atoms with Gasteiger partial charge in [-0.3, -0.25) is 0 Å². The van der Waals surface area contributed by atoms with E-state index in [9.17, 15) is 0 Å². The minimum absolute atomic E-state index is 0.111. The van der Waals surface area contributed by atoms with Crippen molar-refractivity contribution in [1.29, 1.82) is 5.26 Å². The first-order valence-electron chi connectivity index (χ1n) is 6.64. The summed E-state index contributed by atoms with van der Waals surface area (Å²) in [6.45, 7) is 6.12. The number of unbranched alkanes of at least 4 members (excludes halogenated alkanes) is 4. The van der Waals surface area contributed by atoms with Crippen LogP contribution in [0.2, 0.25) is 0 Å². The van der Waals surface area contributed by atoms with Crippen LogP contribution in [-0.4, -0.2) is 9.97 Å². The van der Waals surface area contributed by atoms with Gasteiger partial charge in [-0.15, -0.1) is 0 Å². The first-order valence-corrected chi connectivity index (χ1v) is 6.64. The van der Waals surface area contributed by atoms with Crippen LogP contribution in [0.1, 0.15) is 69.1 Å². The Morgan fingerprint density at radius 1 is 1.29 bits per heavy atom. The molecular formula is C14H23N3. The minimum atomic E-state index is -0.111. The van der Waals surface area contributed by atoms with E-state index >= 15 is 0 Å². The normalized spacial score (nSPS) is 12.4. The Bertz CT molecular complexity index is 373. The highest BCUT2D eigenvalue weighted by molar-refractivity contribution is 5.22. The van der Waals surface area contributed by atoms with Crippen molar-refractivity contribution in [3.8, 4) is 6.07 Å². The van der Waals surface area contributed by atoms with E-state index < -0.39 is 0 Å². The van der Waals surface area contributed by atoms with Crippen molar-refractivity contribution in [3.05, 3.63) is 17.2 Å². The summed E-state index contributed by atoms with van der Waals surface area (Å²) in [6, 6.07) is 2.24. The predicted molar refractivity (Wildman–Crippen MR) is 69.8 cm³/mol. The van der Waals surface area contributed by atoms with Crippen molar-refractivity contribution in [1.82, 2.24) is 9.97 Å². The van der Waals surface area contributed by atoms with Gasteiger partial charge in [-0.05, 0) is 20.3 Å². The fourth-order valence-electron chi connectivity index (χ4n) is 2.03. The molecule has 0 aliphatic heterocycles. The van der Waals surface area contributed by atoms with Crippen LogP contribution in [0.15, 0.2) is 0 Å². The van der Waals surface area contributed by atoms with Crippen LogP contribution in [0.3, 0.4) is 0 Å². The van der Waals surface area contributed by atoms with Crippen molar-refractivity contribution in [3.63, 3.8) is 0 Å². The molecule has 1 aromatic rings. The summed E-state index contributed by atoms with van der Waals surface area (Å²) in [5.74, 6) is 0.927. The fourth-order valence-corrected chi connectivity index (χ4v) is 2.03. The molecule has 17 heavy (non-hydrogen) atoms. The monoisotopic (exact) mass is 233 g/mol. The van der Waals surface area contributed by atoms with Crippen molar-refractivity contribution < 1.29 is 0 Å². The Labute approximate surface area is 104 Å². The number of aromatic nitrogens is 2. The van der Waals surface area contributed by atoms with E-state index in [1.165, 1.54) is 32.1 Å². The van der Waals surface area contributed by atoms with E-state index in [4.69, 9.17) is 5.26 Å². The highest BCUT2D eigenvalue weighted by atomic mass is 14.9. The van der Waals surface area contributed by atoms with E-state index in [1.54, 1.807) is 0 Å². The van der Waals surface area contributed by atoms with Crippen molar-refractivity contribution in [2.45, 2.75) is 65.2 Å². The molecule has 0 saturated carbocycles. The Hall–Kier alpha value is -1.30. The quantitative estimate of drug-likeness (QED) is 0.727. The van der Waals surface area contributed by atoms with Crippen molar-refractivity contribution in [2.24, 2.45) is 0 Å². The van der Waals surface area contributed by atoms with Gasteiger partial charge in [-0.2, -0.15) is 5.26 Å². The zero-order chi connectivity index (χ0) is 12.7. The molecule has 0 fully saturated rings. The third-order valence-electron chi connectivity index (χ3n) is 3.09. The fraction of sp³-hybridized carbons (Fsp3) is 0.714. The van der Waals surface area contributed by atoms with E-state index in [-0.39, 0.29) is 5.92 Å². The van der Waals surface area contributed by atoms with E-state index in [0.29, 0.717) is 0 Å². The second-order valence-corrected chi connectivity index (χ2v) is 4.71. The highest BCUT2D eigenvalue weighted by Crippen LogP contribution is 2.17. The summed E-state index contributed by atoms with van der Waals surface area (Å²) >= 11 is 0. The van der Waals surface area contributed by atoms with Gasteiger partial charge in [0.25, 0.3) is 0 Å². The van der Waals surface area contributed by atoms with Gasteiger partial charge in [-0.1, -0.05) is 32.6 Å². The molecule has 1 unspecified atom stereocenters. The summed E-state index contributed by atoms with van der Waals surface area (Å²) in [5.41, 5.74) is 1.96. The van der Waals surface area contributed by atoms with Crippen LogP contribution in [0, 0.1) is 18.3 Å². The van der Waals surface area contributed by atoms with Crippen LogP contribution in [0.4, 0.5) is 0 Å². The lowest BCUT2D eigenvalue weighted by Crippen LogP contribution is -1.93. The molecule has 1 N–H and O–H groups in total. The number of rotatable bonds is 7. The van der Waals surface area contributed by atoms with E-state index in [1.807, 2.05) is 13.8 Å². The lowest BCUT2D eigenvalue weighted by atomic mass is 10.1. The number of aromatic amines is 1. The second-order valence-electron chi connectivity index (χ2n) is 4.71. The molecule has 1 aromatic heterocycles. The molecule has 1 heterocycles. The largest absolute Gasteiger partial charge is 0.346 e. The van der Waals surface area contributed by atoms with Gasteiger partial charge in [0, 0.05) is 12.1 Å². The Morgan fingerprint density at radius 2 is 2.00 bits per heavy atom. The zero-order valence-corrected chi connectivity index (χ0v) is 11.2. The summed E-state index contributed by atoms with van der Waals surface area (Å²) in [4.78, 5) is 7.81. The number of hydrogen-bond donors (Lipinski definition) is 1. The molecule has 0 saturated heterocycles. The van der Waals surface area contributed by atoms with Gasteiger partial charge in [0.05, 0.1) is 17.7 Å². The molecule has 94 valence electrons. The molecular weight excluding hydrogens is 210 g/mol. The lowest BCUT2D eigenvalue weighted by Gasteiger charge is -1.98. The molecule has 0 aliphatic rings. The first-order chi connectivity index (χ1) is 8.19. The number of aryl methyl sites for hydroxylation is 2. The van der Waals surface area contributed by atoms with Crippen molar-refractivity contribution in [2.75, 3.05) is 0 Å². The van der Waals surface area contributed by atoms with Crippen molar-refractivity contribution >= 4 is 0 Å². The van der Waals surface area contributed by atoms with Gasteiger partial charge in [0.1, 0.15) is 5.82 Å². The molecule has 0 aliphatic carbocycles. The minimum Gasteiger partial charge on any atom is -0.346 e. The summed E-state index contributed by atoms with van der Waals surface area (Å²) in [5, 5.41) is 8.89. The average Bonchev–Trinajstić information content (AvgIpc) is 2.69. The van der Waals surface area contributed by atoms with Crippen LogP contribution in [0.25, 0.3) is 0 Å². The van der Waals surface area contributed by atoms with Crippen LogP contribution in [-0.2, 0) is 6.42 Å². The summed E-state index contributed by atoms with van der Waals surface area (Å²) in [7, 11) is 0. The number of nitrogens with one attached hydrogen (secondary N) is 1. The smallest absolute Gasteiger partial charge is 0.106 e. The molecule has 0 aromatic carbocycles. The van der Waals surface area contributed by atoms with Crippen LogP contribution < -0.4 is 0 Å². The molecule has 0 radical (unpaired) electrons. The highest BCUT2D eigenvalue weighted by Gasteiger charge is 2.12. The molecule has 3 nitrogen and oxygen atoms in total. The van der Waals surface area contributed by atoms with Gasteiger partial charge < -0.3 is 4.98 Å². The van der Waals surface area contributed by atoms with Crippen LogP contribution in [0.5, 0.6) is 0 Å². The maximum absolute atomic E-state index is 8.89. The molecule has 1 atom stereocenters. The number of nitrogens with zero attached hydrogens (tertiary/aromatic N) is 2. The predicted octanol–water partition coefficient (Wildman–Crippen LogP) is 3.86. The Morgan fingerprint density at radius 3 is 2.65 bits per heavy atom. The second kappa shape index (κ2) is 7.11. The lowest BCUT2D eigenvalue weighted by molar-refractivity contribution is 0.624. The first kappa shape index (κ1) is 13.8. The topological polar surface area (TPSA) is 52.5 Å². The van der Waals surface area contributed by atoms with Gasteiger partial charge in [0.15, 0.2) is 0 Å². The van der Waals surface area contributed by atoms with E-state index in [0.717, 1.165) is 23.6 Å². The Kier molecular flexibility index (Phi) is 5.76. The SMILES string of the molecule is CCCCCCCc1nc(C(C)C#N)c(C)[nH]1. The number of H-pyrrole nitrogens is 1. The third-order valence-corrected chi connectivity index (χ3v) is 3.09. The standard InChI is InChI=1S/C14H23N3/c1-4-5-6-7-8-9-13-16-12(3)14(17-13)11(2)10-15/h11H,4-9H2,1-3H3,(H,16,17). The number of nitriles is 1. The Balaban J connectivity index is 2.42. The molecule has 0 spiro atoms. The summed E-state index contributed by atoms with van der Waals surface area (Å²) < 4.78 is 0. The van der Waals surface area contributed by atoms with Crippen LogP contribution >= 0.6 is 0 Å². The van der Waals surface area contributed by atoms with E-state index in [2.05, 4.69) is 23.0 Å². The number of hydrogen-bond acceptors (Lipinski definition) is 2.